The van der Waals surface area contributed by atoms with Gasteiger partial charge < -0.3 is 25.4 Å². The molecule has 1 aromatic rings. The van der Waals surface area contributed by atoms with Gasteiger partial charge in [0, 0.05) is 30.6 Å². The zero-order chi connectivity index (χ0) is 21.2. The van der Waals surface area contributed by atoms with Gasteiger partial charge in [0.15, 0.2) is 5.96 Å². The molecule has 1 rings (SSSR count). The lowest BCUT2D eigenvalue weighted by Gasteiger charge is -2.18. The smallest absolute Gasteiger partial charge is 0.387 e. The normalized spacial score (nSPS) is 11.9. The molecule has 1 amide bonds. The lowest BCUT2D eigenvalue weighted by Crippen LogP contribution is -2.43. The highest BCUT2D eigenvalue weighted by atomic mass is 19.3. The van der Waals surface area contributed by atoms with Crippen molar-refractivity contribution in [3.63, 3.8) is 0 Å². The molecule has 0 fully saturated rings. The number of benzene rings is 1. The van der Waals surface area contributed by atoms with Gasteiger partial charge in [0.1, 0.15) is 11.5 Å². The van der Waals surface area contributed by atoms with E-state index in [0.717, 1.165) is 0 Å². The molecule has 3 N–H and O–H groups in total. The van der Waals surface area contributed by atoms with Crippen LogP contribution >= 0.6 is 0 Å². The molecule has 0 atom stereocenters. The van der Waals surface area contributed by atoms with Gasteiger partial charge in [-0.1, -0.05) is 20.8 Å². The largest absolute Gasteiger partial charge is 0.497 e. The van der Waals surface area contributed by atoms with E-state index < -0.39 is 12.0 Å². The van der Waals surface area contributed by atoms with Crippen molar-refractivity contribution in [3.05, 3.63) is 23.8 Å². The van der Waals surface area contributed by atoms with E-state index in [1.165, 1.54) is 13.2 Å². The van der Waals surface area contributed by atoms with Gasteiger partial charge in [-0.25, -0.2) is 4.99 Å². The molecule has 0 aliphatic carbocycles. The van der Waals surface area contributed by atoms with Crippen molar-refractivity contribution in [2.24, 2.45) is 10.4 Å². The van der Waals surface area contributed by atoms with Gasteiger partial charge in [0.25, 0.3) is 0 Å². The second kappa shape index (κ2) is 11.3. The van der Waals surface area contributed by atoms with Crippen LogP contribution in [0.5, 0.6) is 11.5 Å². The van der Waals surface area contributed by atoms with Gasteiger partial charge in [-0.05, 0) is 25.1 Å². The number of hydrogen-bond acceptors (Lipinski definition) is 4. The first kappa shape index (κ1) is 23.5. The lowest BCUT2D eigenvalue weighted by atomic mass is 9.96. The Balaban J connectivity index is 2.74. The summed E-state index contributed by atoms with van der Waals surface area (Å²) in [6.07, 6.45) is 0. The number of methoxy groups -OCH3 is 1. The van der Waals surface area contributed by atoms with Crippen molar-refractivity contribution in [3.8, 4) is 11.5 Å². The molecule has 0 bridgehead atoms. The third kappa shape index (κ3) is 8.41. The first-order chi connectivity index (χ1) is 13.2. The summed E-state index contributed by atoms with van der Waals surface area (Å²) in [7, 11) is 1.49. The van der Waals surface area contributed by atoms with Crippen LogP contribution in [-0.2, 0) is 11.3 Å². The number of guanidine groups is 1. The molecule has 0 aromatic heterocycles. The monoisotopic (exact) mass is 400 g/mol. The first-order valence-corrected chi connectivity index (χ1v) is 9.09. The van der Waals surface area contributed by atoms with E-state index in [1.54, 1.807) is 12.1 Å². The van der Waals surface area contributed by atoms with Crippen LogP contribution in [0.1, 0.15) is 33.3 Å². The summed E-state index contributed by atoms with van der Waals surface area (Å²) in [4.78, 5) is 16.3. The van der Waals surface area contributed by atoms with Crippen LogP contribution in [0.25, 0.3) is 0 Å². The quantitative estimate of drug-likeness (QED) is 0.337. The molecule has 0 aliphatic rings. The van der Waals surface area contributed by atoms with E-state index in [4.69, 9.17) is 4.74 Å². The number of hydrogen-bond donors (Lipinski definition) is 3. The van der Waals surface area contributed by atoms with Crippen LogP contribution in [-0.4, -0.2) is 45.2 Å². The summed E-state index contributed by atoms with van der Waals surface area (Å²) in [6.45, 7) is 6.15. The maximum atomic E-state index is 12.6. The molecule has 0 aliphatic heterocycles. The Labute approximate surface area is 164 Å². The average molecular weight is 400 g/mol. The van der Waals surface area contributed by atoms with Crippen LogP contribution < -0.4 is 25.4 Å². The van der Waals surface area contributed by atoms with E-state index in [1.807, 2.05) is 27.7 Å². The number of alkyl halides is 2. The molecule has 9 heteroatoms. The summed E-state index contributed by atoms with van der Waals surface area (Å²) in [5.41, 5.74) is 0.0179. The minimum atomic E-state index is -2.92. The van der Waals surface area contributed by atoms with Crippen molar-refractivity contribution in [2.75, 3.05) is 26.7 Å². The molecular weight excluding hydrogens is 370 g/mol. The van der Waals surface area contributed by atoms with Crippen LogP contribution in [0.3, 0.4) is 0 Å². The predicted octanol–water partition coefficient (Wildman–Crippen LogP) is 2.51. The summed E-state index contributed by atoms with van der Waals surface area (Å²) >= 11 is 0. The average Bonchev–Trinajstić information content (AvgIpc) is 2.62. The van der Waals surface area contributed by atoms with Crippen LogP contribution in [0.15, 0.2) is 23.2 Å². The molecule has 0 heterocycles. The standard InChI is InChI=1S/C19H30F2N4O3/c1-6-22-18(24-10-9-23-16(26)19(2,3)4)25-12-13-11-14(27-5)7-8-15(13)28-17(20)21/h7-8,11,17H,6,9-10,12H2,1-5H3,(H,23,26)(H2,22,24,25). The van der Waals surface area contributed by atoms with E-state index in [-0.39, 0.29) is 18.2 Å². The second-order valence-corrected chi connectivity index (χ2v) is 6.98. The van der Waals surface area contributed by atoms with Crippen LogP contribution in [0.2, 0.25) is 0 Å². The molecule has 7 nitrogen and oxygen atoms in total. The number of rotatable bonds is 9. The highest BCUT2D eigenvalue weighted by molar-refractivity contribution is 5.81. The minimum absolute atomic E-state index is 0.0404. The molecular formula is C19H30F2N4O3. The molecule has 158 valence electrons. The number of amides is 1. The minimum Gasteiger partial charge on any atom is -0.497 e. The fourth-order valence-corrected chi connectivity index (χ4v) is 2.15. The molecule has 1 aromatic carbocycles. The van der Waals surface area contributed by atoms with E-state index in [9.17, 15) is 13.6 Å². The van der Waals surface area contributed by atoms with Crippen molar-refractivity contribution < 1.29 is 23.0 Å². The van der Waals surface area contributed by atoms with Gasteiger partial charge in [-0.15, -0.1) is 0 Å². The van der Waals surface area contributed by atoms with Gasteiger partial charge in [-0.3, -0.25) is 4.79 Å². The zero-order valence-electron chi connectivity index (χ0n) is 17.1. The first-order valence-electron chi connectivity index (χ1n) is 9.09. The Hall–Kier alpha value is -2.58. The predicted molar refractivity (Wildman–Crippen MR) is 105 cm³/mol. The molecule has 0 unspecified atom stereocenters. The molecule has 0 spiro atoms. The number of ether oxygens (including phenoxy) is 2. The Kier molecular flexibility index (Phi) is 9.47. The van der Waals surface area contributed by atoms with Crippen molar-refractivity contribution in [1.82, 2.24) is 16.0 Å². The summed E-state index contributed by atoms with van der Waals surface area (Å²) in [6, 6.07) is 4.58. The number of nitrogens with one attached hydrogen (secondary N) is 3. The fourth-order valence-electron chi connectivity index (χ4n) is 2.15. The maximum absolute atomic E-state index is 12.6. The molecule has 0 saturated heterocycles. The van der Waals surface area contributed by atoms with Crippen LogP contribution in [0.4, 0.5) is 8.78 Å². The number of aliphatic imine (C=N–C) groups is 1. The van der Waals surface area contributed by atoms with Crippen LogP contribution in [0, 0.1) is 5.41 Å². The third-order valence-electron chi connectivity index (χ3n) is 3.62. The third-order valence-corrected chi connectivity index (χ3v) is 3.62. The van der Waals surface area contributed by atoms with Gasteiger partial charge in [0.05, 0.1) is 13.7 Å². The Bertz CT molecular complexity index is 661. The SMILES string of the molecule is CCNC(=NCc1cc(OC)ccc1OC(F)F)NCCNC(=O)C(C)(C)C. The van der Waals surface area contributed by atoms with Crippen molar-refractivity contribution in [2.45, 2.75) is 40.9 Å². The van der Waals surface area contributed by atoms with E-state index in [0.29, 0.717) is 36.9 Å². The highest BCUT2D eigenvalue weighted by Gasteiger charge is 2.20. The van der Waals surface area contributed by atoms with Gasteiger partial charge >= 0.3 is 6.61 Å². The fraction of sp³-hybridized carbons (Fsp3) is 0.579. The maximum Gasteiger partial charge on any atom is 0.387 e. The zero-order valence-corrected chi connectivity index (χ0v) is 17.1. The second-order valence-electron chi connectivity index (χ2n) is 6.98. The number of nitrogens with zero attached hydrogens (tertiary/aromatic N) is 1. The lowest BCUT2D eigenvalue weighted by molar-refractivity contribution is -0.128. The summed E-state index contributed by atoms with van der Waals surface area (Å²) in [5, 5.41) is 8.99. The Morgan fingerprint density at radius 2 is 1.86 bits per heavy atom. The topological polar surface area (TPSA) is 84.0 Å². The molecule has 0 radical (unpaired) electrons. The Morgan fingerprint density at radius 1 is 1.18 bits per heavy atom. The van der Waals surface area contributed by atoms with E-state index >= 15 is 0 Å². The molecule has 28 heavy (non-hydrogen) atoms. The van der Waals surface area contributed by atoms with E-state index in [2.05, 4.69) is 25.7 Å². The molecule has 0 saturated carbocycles. The van der Waals surface area contributed by atoms with Crippen molar-refractivity contribution in [1.29, 1.82) is 0 Å². The number of carbonyl (C=O) groups excluding carboxylic acids is 1. The number of halogens is 2. The van der Waals surface area contributed by atoms with Gasteiger partial charge in [-0.2, -0.15) is 8.78 Å². The Morgan fingerprint density at radius 3 is 2.43 bits per heavy atom. The van der Waals surface area contributed by atoms with Crippen molar-refractivity contribution >= 4 is 11.9 Å². The number of carbonyl (C=O) groups is 1. The highest BCUT2D eigenvalue weighted by Crippen LogP contribution is 2.26. The summed E-state index contributed by atoms with van der Waals surface area (Å²) in [5.74, 6) is 1.03. The van der Waals surface area contributed by atoms with Gasteiger partial charge in [0.2, 0.25) is 5.91 Å². The summed E-state index contributed by atoms with van der Waals surface area (Å²) < 4.78 is 34.9.